The highest BCUT2D eigenvalue weighted by Gasteiger charge is 2.57. The van der Waals surface area contributed by atoms with Crippen molar-refractivity contribution in [3.63, 3.8) is 0 Å². The summed E-state index contributed by atoms with van der Waals surface area (Å²) in [4.78, 5) is 0. The fourth-order valence-electron chi connectivity index (χ4n) is 8.28. The topological polar surface area (TPSA) is 0 Å². The third kappa shape index (κ3) is 2.00. The van der Waals surface area contributed by atoms with Crippen molar-refractivity contribution in [2.75, 3.05) is 0 Å². The molecule has 0 fully saturated rings. The molecule has 174 valence electrons. The second kappa shape index (κ2) is 6.19. The van der Waals surface area contributed by atoms with Crippen molar-refractivity contribution in [3.05, 3.63) is 165 Å². The smallest absolute Gasteiger partial charge is 0.0309 e. The minimum Gasteiger partial charge on any atom is -0.0617 e. The molecule has 0 aromatic carbocycles. The number of rotatable bonds is 1. The van der Waals surface area contributed by atoms with Crippen LogP contribution in [0, 0.1) is 21.7 Å². The Morgan fingerprint density at radius 2 is 0.667 bits per heavy atom. The molecule has 0 aromatic rings. The van der Waals surface area contributed by atoms with Gasteiger partial charge < -0.3 is 0 Å². The normalized spacial score (nSPS) is 39.7. The second-order valence-corrected chi connectivity index (χ2v) is 12.0. The van der Waals surface area contributed by atoms with Crippen LogP contribution in [0.15, 0.2) is 165 Å². The van der Waals surface area contributed by atoms with E-state index in [9.17, 15) is 0 Å². The highest BCUT2D eigenvalue weighted by molar-refractivity contribution is 5.73. The lowest BCUT2D eigenvalue weighted by Gasteiger charge is -2.45. The molecule has 0 N–H and O–H groups in total. The van der Waals surface area contributed by atoms with Gasteiger partial charge in [0.1, 0.15) is 0 Å². The standard InChI is InChI=1S/C36H30/c1-33-25-7-5-8-26-12-16-30(34(26,33)2)20-23(19-29(33)15-11-25)24-21-31-17-13-27-9-6-10-28-14-18-32(22-24)36(28,4)35(27,31)3/h5-22H,1-4H3/t33-,34-,35+,36+. The summed E-state index contributed by atoms with van der Waals surface area (Å²) in [5, 5.41) is 0. The summed E-state index contributed by atoms with van der Waals surface area (Å²) in [7, 11) is 0. The molecule has 8 rings (SSSR count). The molecule has 0 heterocycles. The van der Waals surface area contributed by atoms with E-state index in [0.29, 0.717) is 0 Å². The minimum absolute atomic E-state index is 0.0828. The Kier molecular flexibility index (Phi) is 3.53. The second-order valence-electron chi connectivity index (χ2n) is 12.0. The molecule has 0 heteroatoms. The molecule has 0 radical (unpaired) electrons. The average Bonchev–Trinajstić information content (AvgIpc) is 3.50. The van der Waals surface area contributed by atoms with Gasteiger partial charge in [-0.25, -0.2) is 0 Å². The summed E-state index contributed by atoms with van der Waals surface area (Å²) in [5.41, 5.74) is 13.5. The van der Waals surface area contributed by atoms with Crippen LogP contribution in [0.4, 0.5) is 0 Å². The fraction of sp³-hybridized carbons (Fsp3) is 0.222. The molecule has 8 aliphatic carbocycles. The zero-order chi connectivity index (χ0) is 24.5. The molecule has 4 atom stereocenters. The quantitative estimate of drug-likeness (QED) is 0.366. The van der Waals surface area contributed by atoms with E-state index in [2.05, 4.69) is 137 Å². The monoisotopic (exact) mass is 462 g/mol. The van der Waals surface area contributed by atoms with E-state index in [0.717, 1.165) is 0 Å². The third-order valence-corrected chi connectivity index (χ3v) is 11.1. The highest BCUT2D eigenvalue weighted by atomic mass is 14.6. The van der Waals surface area contributed by atoms with E-state index in [-0.39, 0.29) is 21.7 Å². The lowest BCUT2D eigenvalue weighted by atomic mass is 9.56. The van der Waals surface area contributed by atoms with Gasteiger partial charge in [0.2, 0.25) is 0 Å². The van der Waals surface area contributed by atoms with Gasteiger partial charge >= 0.3 is 0 Å². The van der Waals surface area contributed by atoms with E-state index in [1.165, 1.54) is 55.7 Å². The summed E-state index contributed by atoms with van der Waals surface area (Å²) in [5.74, 6) is 0. The van der Waals surface area contributed by atoms with Gasteiger partial charge in [-0.15, -0.1) is 0 Å². The van der Waals surface area contributed by atoms with Crippen LogP contribution in [0.1, 0.15) is 27.7 Å². The molecule has 36 heavy (non-hydrogen) atoms. The third-order valence-electron chi connectivity index (χ3n) is 11.1. The SMILES string of the molecule is C[C@]12C3=CC=C1C=C(C1=CC4=CC=C5C=CC=C6C=CC(=C1)[C@]6(C)[C@]54C)C=C1C=CC(=CC=C3)[C@@]12C. The Balaban J connectivity index is 1.37. The van der Waals surface area contributed by atoms with Crippen LogP contribution in [0.2, 0.25) is 0 Å². The van der Waals surface area contributed by atoms with Crippen molar-refractivity contribution >= 4 is 0 Å². The van der Waals surface area contributed by atoms with E-state index >= 15 is 0 Å². The van der Waals surface area contributed by atoms with Gasteiger partial charge in [-0.2, -0.15) is 0 Å². The van der Waals surface area contributed by atoms with Crippen LogP contribution in [0.3, 0.4) is 0 Å². The van der Waals surface area contributed by atoms with Crippen LogP contribution < -0.4 is 0 Å². The van der Waals surface area contributed by atoms with Crippen LogP contribution in [0.25, 0.3) is 0 Å². The van der Waals surface area contributed by atoms with Crippen molar-refractivity contribution in [1.29, 1.82) is 0 Å². The summed E-state index contributed by atoms with van der Waals surface area (Å²) in [6, 6.07) is 0. The Hall–Kier alpha value is -3.64. The number of hydrogen-bond donors (Lipinski definition) is 0. The molecule has 0 spiro atoms. The van der Waals surface area contributed by atoms with Gasteiger partial charge in [-0.3, -0.25) is 0 Å². The Labute approximate surface area is 214 Å². The maximum Gasteiger partial charge on any atom is 0.0309 e. The fourth-order valence-corrected chi connectivity index (χ4v) is 8.28. The van der Waals surface area contributed by atoms with Crippen molar-refractivity contribution < 1.29 is 0 Å². The van der Waals surface area contributed by atoms with Gasteiger partial charge in [-0.1, -0.05) is 137 Å². The Bertz CT molecular complexity index is 1520. The van der Waals surface area contributed by atoms with Gasteiger partial charge in [0.05, 0.1) is 0 Å². The van der Waals surface area contributed by atoms with Gasteiger partial charge in [0, 0.05) is 21.7 Å². The predicted octanol–water partition coefficient (Wildman–Crippen LogP) is 8.61. The van der Waals surface area contributed by atoms with Gasteiger partial charge in [0.15, 0.2) is 0 Å². The minimum atomic E-state index is -0.0828. The van der Waals surface area contributed by atoms with E-state index in [4.69, 9.17) is 0 Å². The Morgan fingerprint density at radius 3 is 1.11 bits per heavy atom. The number of hydrogen-bond acceptors (Lipinski definition) is 0. The summed E-state index contributed by atoms with van der Waals surface area (Å²) in [6.07, 6.45) is 42.4. The molecule has 8 aliphatic rings. The average molecular weight is 463 g/mol. The van der Waals surface area contributed by atoms with Gasteiger partial charge in [-0.05, 0) is 55.7 Å². The molecule has 0 amide bonds. The summed E-state index contributed by atoms with van der Waals surface area (Å²) < 4.78 is 0. The van der Waals surface area contributed by atoms with Crippen molar-refractivity contribution in [1.82, 2.24) is 0 Å². The molecular formula is C36H30. The van der Waals surface area contributed by atoms with E-state index in [1.54, 1.807) is 0 Å². The lowest BCUT2D eigenvalue weighted by Crippen LogP contribution is -2.38. The molecule has 0 unspecified atom stereocenters. The lowest BCUT2D eigenvalue weighted by molar-refractivity contribution is 0.276. The molecule has 0 saturated heterocycles. The molecule has 0 aliphatic heterocycles. The van der Waals surface area contributed by atoms with Crippen LogP contribution in [-0.4, -0.2) is 0 Å². The van der Waals surface area contributed by atoms with Crippen LogP contribution in [0.5, 0.6) is 0 Å². The van der Waals surface area contributed by atoms with Crippen molar-refractivity contribution in [2.45, 2.75) is 27.7 Å². The molecule has 0 bridgehead atoms. The Morgan fingerprint density at radius 1 is 0.333 bits per heavy atom. The number of allylic oxidation sites excluding steroid dienone is 28. The zero-order valence-electron chi connectivity index (χ0n) is 21.4. The maximum atomic E-state index is 2.47. The first-order chi connectivity index (χ1) is 17.3. The van der Waals surface area contributed by atoms with Crippen LogP contribution >= 0.6 is 0 Å². The molecular weight excluding hydrogens is 432 g/mol. The molecule has 0 saturated carbocycles. The van der Waals surface area contributed by atoms with Gasteiger partial charge in [0.25, 0.3) is 0 Å². The zero-order valence-corrected chi connectivity index (χ0v) is 21.4. The van der Waals surface area contributed by atoms with Crippen LogP contribution in [-0.2, 0) is 0 Å². The first kappa shape index (κ1) is 20.5. The predicted molar refractivity (Wildman–Crippen MR) is 150 cm³/mol. The summed E-state index contributed by atoms with van der Waals surface area (Å²) >= 11 is 0. The largest absolute Gasteiger partial charge is 0.0617 e. The molecule has 0 nitrogen and oxygen atoms in total. The maximum absolute atomic E-state index is 2.47. The first-order valence-corrected chi connectivity index (χ1v) is 13.2. The molecule has 0 aromatic heterocycles. The first-order valence-electron chi connectivity index (χ1n) is 13.2. The van der Waals surface area contributed by atoms with E-state index in [1.807, 2.05) is 0 Å². The van der Waals surface area contributed by atoms with E-state index < -0.39 is 0 Å². The highest BCUT2D eigenvalue weighted by Crippen LogP contribution is 2.67. The van der Waals surface area contributed by atoms with Crippen molar-refractivity contribution in [3.8, 4) is 0 Å². The summed E-state index contributed by atoms with van der Waals surface area (Å²) in [6.45, 7) is 9.78. The van der Waals surface area contributed by atoms with Crippen molar-refractivity contribution in [2.24, 2.45) is 21.7 Å².